The van der Waals surface area contributed by atoms with E-state index in [1.165, 1.54) is 0 Å². The number of carbonyl (C=O) groups excluding carboxylic acids is 2. The van der Waals surface area contributed by atoms with Gasteiger partial charge in [-0.25, -0.2) is 0 Å². The summed E-state index contributed by atoms with van der Waals surface area (Å²) in [5.41, 5.74) is 0.106. The van der Waals surface area contributed by atoms with Crippen molar-refractivity contribution in [1.82, 2.24) is 15.4 Å². The average Bonchev–Trinajstić information content (AvgIpc) is 2.84. The van der Waals surface area contributed by atoms with Crippen molar-refractivity contribution in [2.45, 2.75) is 57.5 Å². The second kappa shape index (κ2) is 5.50. The van der Waals surface area contributed by atoms with Crippen LogP contribution in [0.3, 0.4) is 0 Å². The summed E-state index contributed by atoms with van der Waals surface area (Å²) in [6.45, 7) is 2.67. The maximum Gasteiger partial charge on any atom is 0.248 e. The van der Waals surface area contributed by atoms with Crippen molar-refractivity contribution in [3.63, 3.8) is 0 Å². The molecule has 0 bridgehead atoms. The molecule has 1 aromatic heterocycles. The van der Waals surface area contributed by atoms with Crippen molar-refractivity contribution < 1.29 is 14.1 Å². The summed E-state index contributed by atoms with van der Waals surface area (Å²) in [4.78, 5) is 26.6. The van der Waals surface area contributed by atoms with Gasteiger partial charge in [-0.2, -0.15) is 0 Å². The van der Waals surface area contributed by atoms with Crippen molar-refractivity contribution in [2.75, 3.05) is 6.54 Å². The van der Waals surface area contributed by atoms with Crippen LogP contribution < -0.4 is 5.32 Å². The number of carbonyl (C=O) groups is 2. The third-order valence-electron chi connectivity index (χ3n) is 4.41. The number of amides is 2. The molecule has 1 aromatic rings. The Bertz CT molecular complexity index is 546. The van der Waals surface area contributed by atoms with Gasteiger partial charge in [0.1, 0.15) is 5.54 Å². The Labute approximate surface area is 123 Å². The minimum atomic E-state index is -0.694. The van der Waals surface area contributed by atoms with Crippen LogP contribution in [0.1, 0.15) is 50.0 Å². The Balaban J connectivity index is 1.82. The van der Waals surface area contributed by atoms with Crippen LogP contribution in [-0.2, 0) is 16.1 Å². The standard InChI is InChI=1S/C15H21N3O3/c1-11-9-12(21-17-11)10-18-8-5-13(19)16-15(14(18)20)6-3-2-4-7-15/h9H,2-8,10H2,1H3,(H,16,19). The second-order valence-electron chi connectivity index (χ2n) is 6.10. The fourth-order valence-electron chi connectivity index (χ4n) is 3.35. The van der Waals surface area contributed by atoms with Gasteiger partial charge in [0.15, 0.2) is 5.76 Å². The Morgan fingerprint density at radius 3 is 2.76 bits per heavy atom. The second-order valence-corrected chi connectivity index (χ2v) is 6.10. The lowest BCUT2D eigenvalue weighted by atomic mass is 9.80. The smallest absolute Gasteiger partial charge is 0.248 e. The van der Waals surface area contributed by atoms with Crippen LogP contribution in [0.15, 0.2) is 10.6 Å². The lowest BCUT2D eigenvalue weighted by molar-refractivity contribution is -0.141. The lowest BCUT2D eigenvalue weighted by Crippen LogP contribution is -2.57. The molecule has 114 valence electrons. The fourth-order valence-corrected chi connectivity index (χ4v) is 3.35. The summed E-state index contributed by atoms with van der Waals surface area (Å²) in [5.74, 6) is 0.671. The molecule has 0 unspecified atom stereocenters. The van der Waals surface area contributed by atoms with Crippen molar-refractivity contribution in [3.8, 4) is 0 Å². The molecule has 2 amide bonds. The summed E-state index contributed by atoms with van der Waals surface area (Å²) < 4.78 is 5.21. The first kappa shape index (κ1) is 14.1. The number of nitrogens with zero attached hydrogens (tertiary/aromatic N) is 2. The maximum absolute atomic E-state index is 12.9. The quantitative estimate of drug-likeness (QED) is 0.896. The molecule has 6 heteroatoms. The predicted octanol–water partition coefficient (Wildman–Crippen LogP) is 1.53. The Hall–Kier alpha value is -1.85. The molecule has 3 rings (SSSR count). The van der Waals surface area contributed by atoms with Gasteiger partial charge < -0.3 is 14.7 Å². The predicted molar refractivity (Wildman–Crippen MR) is 75.2 cm³/mol. The summed E-state index contributed by atoms with van der Waals surface area (Å²) in [7, 11) is 0. The molecule has 21 heavy (non-hydrogen) atoms. The minimum Gasteiger partial charge on any atom is -0.359 e. The molecule has 1 N–H and O–H groups in total. The summed E-state index contributed by atoms with van der Waals surface area (Å²) in [6.07, 6.45) is 4.93. The van der Waals surface area contributed by atoms with Gasteiger partial charge in [-0.15, -0.1) is 0 Å². The van der Waals surface area contributed by atoms with E-state index in [1.54, 1.807) is 4.90 Å². The number of hydrogen-bond donors (Lipinski definition) is 1. The van der Waals surface area contributed by atoms with Gasteiger partial charge in [-0.1, -0.05) is 24.4 Å². The first-order valence-corrected chi connectivity index (χ1v) is 7.62. The zero-order valence-corrected chi connectivity index (χ0v) is 12.4. The van der Waals surface area contributed by atoms with E-state index in [-0.39, 0.29) is 11.8 Å². The molecule has 2 aliphatic rings. The molecule has 1 aliphatic carbocycles. The summed E-state index contributed by atoms with van der Waals surface area (Å²) >= 11 is 0. The molecule has 2 fully saturated rings. The first-order chi connectivity index (χ1) is 10.1. The van der Waals surface area contributed by atoms with Crippen molar-refractivity contribution in [2.24, 2.45) is 0 Å². The van der Waals surface area contributed by atoms with Gasteiger partial charge in [0.25, 0.3) is 0 Å². The third-order valence-corrected chi connectivity index (χ3v) is 4.41. The number of rotatable bonds is 2. The topological polar surface area (TPSA) is 75.4 Å². The summed E-state index contributed by atoms with van der Waals surface area (Å²) in [5, 5.41) is 6.84. The normalized spacial score (nSPS) is 22.2. The van der Waals surface area contributed by atoms with Crippen molar-refractivity contribution >= 4 is 11.8 Å². The maximum atomic E-state index is 12.9. The van der Waals surface area contributed by atoms with E-state index >= 15 is 0 Å². The number of aromatic nitrogens is 1. The SMILES string of the molecule is Cc1cc(CN2CCC(=O)NC3(CCCCC3)C2=O)on1. The highest BCUT2D eigenvalue weighted by atomic mass is 16.5. The Morgan fingerprint density at radius 1 is 1.33 bits per heavy atom. The third kappa shape index (κ3) is 2.80. The van der Waals surface area contributed by atoms with Gasteiger partial charge >= 0.3 is 0 Å². The van der Waals surface area contributed by atoms with E-state index in [1.807, 2.05) is 13.0 Å². The van der Waals surface area contributed by atoms with Gasteiger partial charge in [0, 0.05) is 19.0 Å². The molecule has 1 saturated carbocycles. The monoisotopic (exact) mass is 291 g/mol. The number of nitrogens with one attached hydrogen (secondary N) is 1. The van der Waals surface area contributed by atoms with Crippen LogP contribution in [-0.4, -0.2) is 34.0 Å². The molecule has 0 radical (unpaired) electrons. The molecule has 1 aliphatic heterocycles. The molecule has 1 spiro atoms. The molecule has 0 aromatic carbocycles. The molecular weight excluding hydrogens is 270 g/mol. The van der Waals surface area contributed by atoms with Crippen LogP contribution in [0.5, 0.6) is 0 Å². The zero-order chi connectivity index (χ0) is 14.9. The van der Waals surface area contributed by atoms with Gasteiger partial charge in [0.05, 0.1) is 12.2 Å². The van der Waals surface area contributed by atoms with E-state index in [4.69, 9.17) is 4.52 Å². The van der Waals surface area contributed by atoms with E-state index < -0.39 is 5.54 Å². The minimum absolute atomic E-state index is 0.0264. The molecule has 0 atom stereocenters. The first-order valence-electron chi connectivity index (χ1n) is 7.62. The van der Waals surface area contributed by atoms with E-state index in [0.29, 0.717) is 25.3 Å². The van der Waals surface area contributed by atoms with E-state index in [9.17, 15) is 9.59 Å². The van der Waals surface area contributed by atoms with E-state index in [2.05, 4.69) is 10.5 Å². The molecule has 6 nitrogen and oxygen atoms in total. The molecule has 1 saturated heterocycles. The van der Waals surface area contributed by atoms with E-state index in [0.717, 1.165) is 37.8 Å². The van der Waals surface area contributed by atoms with Crippen molar-refractivity contribution in [1.29, 1.82) is 0 Å². The lowest BCUT2D eigenvalue weighted by Gasteiger charge is -2.37. The number of hydrogen-bond acceptors (Lipinski definition) is 4. The summed E-state index contributed by atoms with van der Waals surface area (Å²) in [6, 6.07) is 1.83. The van der Waals surface area contributed by atoms with Crippen LogP contribution in [0.4, 0.5) is 0 Å². The highest BCUT2D eigenvalue weighted by molar-refractivity contribution is 5.93. The largest absolute Gasteiger partial charge is 0.359 e. The van der Waals surface area contributed by atoms with Gasteiger partial charge in [-0.3, -0.25) is 9.59 Å². The van der Waals surface area contributed by atoms with Crippen LogP contribution in [0.2, 0.25) is 0 Å². The van der Waals surface area contributed by atoms with Gasteiger partial charge in [-0.05, 0) is 19.8 Å². The van der Waals surface area contributed by atoms with Gasteiger partial charge in [0.2, 0.25) is 11.8 Å². The van der Waals surface area contributed by atoms with Crippen LogP contribution in [0.25, 0.3) is 0 Å². The Kier molecular flexibility index (Phi) is 3.69. The van der Waals surface area contributed by atoms with Crippen LogP contribution >= 0.6 is 0 Å². The highest BCUT2D eigenvalue weighted by Crippen LogP contribution is 2.32. The Morgan fingerprint density at radius 2 is 2.10 bits per heavy atom. The molecular formula is C15H21N3O3. The van der Waals surface area contributed by atoms with Crippen molar-refractivity contribution in [3.05, 3.63) is 17.5 Å². The number of aryl methyl sites for hydroxylation is 1. The fraction of sp³-hybridized carbons (Fsp3) is 0.667. The molecule has 2 heterocycles. The average molecular weight is 291 g/mol. The zero-order valence-electron chi connectivity index (χ0n) is 12.4. The van der Waals surface area contributed by atoms with Crippen LogP contribution in [0, 0.1) is 6.92 Å². The highest BCUT2D eigenvalue weighted by Gasteiger charge is 2.45.